The van der Waals surface area contributed by atoms with Crippen molar-refractivity contribution in [3.63, 3.8) is 0 Å². The Kier molecular flexibility index (Phi) is 9.18. The molecule has 0 saturated heterocycles. The number of thiol groups is 1. The first-order chi connectivity index (χ1) is 9.77. The lowest BCUT2D eigenvalue weighted by molar-refractivity contribution is -0.139. The predicted molar refractivity (Wildman–Crippen MR) is 81.5 cm³/mol. The number of carbonyl (C=O) groups is 2. The van der Waals surface area contributed by atoms with Gasteiger partial charge >= 0.3 is 11.9 Å². The van der Waals surface area contributed by atoms with Crippen LogP contribution in [0.3, 0.4) is 0 Å². The molecule has 0 spiro atoms. The molecule has 0 bridgehead atoms. The van der Waals surface area contributed by atoms with Crippen LogP contribution in [0, 0.1) is 0 Å². The predicted octanol–water partition coefficient (Wildman–Crippen LogP) is 0.0648. The molecule has 0 radical (unpaired) electrons. The molecule has 8 heteroatoms. The molecule has 0 heterocycles. The lowest BCUT2D eigenvalue weighted by atomic mass is 10.1. The van der Waals surface area contributed by atoms with Gasteiger partial charge in [0.05, 0.1) is 0 Å². The molecule has 0 saturated carbocycles. The summed E-state index contributed by atoms with van der Waals surface area (Å²) in [6, 6.07) is 4.68. The second-order valence-electron chi connectivity index (χ2n) is 4.27. The molecule has 0 aromatic heterocycles. The number of aromatic hydroxyl groups is 1. The smallest absolute Gasteiger partial charge is 0.320 e. The molecule has 0 amide bonds. The van der Waals surface area contributed by atoms with Crippen molar-refractivity contribution in [1.29, 1.82) is 0 Å². The summed E-state index contributed by atoms with van der Waals surface area (Å²) in [7, 11) is 0. The maximum atomic E-state index is 10.4. The SMILES string of the molecule is N[C@@H](CCS)C(=O)O.N[C@@H](Cc1ccc(O)cc1)C(=O)O. The van der Waals surface area contributed by atoms with Gasteiger partial charge in [-0.2, -0.15) is 12.6 Å². The first-order valence-electron chi connectivity index (χ1n) is 6.13. The van der Waals surface area contributed by atoms with Crippen molar-refractivity contribution in [2.75, 3.05) is 5.75 Å². The maximum absolute atomic E-state index is 10.4. The quantitative estimate of drug-likeness (QED) is 0.407. The van der Waals surface area contributed by atoms with E-state index in [4.69, 9.17) is 26.8 Å². The van der Waals surface area contributed by atoms with Crippen LogP contribution in [0.2, 0.25) is 0 Å². The molecule has 1 aromatic rings. The van der Waals surface area contributed by atoms with E-state index in [1.165, 1.54) is 12.1 Å². The van der Waals surface area contributed by atoms with Gasteiger partial charge in [-0.05, 0) is 36.3 Å². The minimum Gasteiger partial charge on any atom is -0.508 e. The van der Waals surface area contributed by atoms with E-state index in [0.717, 1.165) is 5.56 Å². The molecule has 118 valence electrons. The molecule has 0 aliphatic heterocycles. The molecule has 1 aromatic carbocycles. The molecule has 7 N–H and O–H groups in total. The minimum atomic E-state index is -1.02. The van der Waals surface area contributed by atoms with E-state index in [2.05, 4.69) is 12.6 Å². The largest absolute Gasteiger partial charge is 0.508 e. The van der Waals surface area contributed by atoms with Crippen LogP contribution in [-0.2, 0) is 16.0 Å². The molecule has 7 nitrogen and oxygen atoms in total. The number of hydrogen-bond donors (Lipinski definition) is 6. The van der Waals surface area contributed by atoms with E-state index in [1.807, 2.05) is 0 Å². The Labute approximate surface area is 128 Å². The number of benzene rings is 1. The lowest BCUT2D eigenvalue weighted by Crippen LogP contribution is -2.32. The maximum Gasteiger partial charge on any atom is 0.320 e. The Morgan fingerprint density at radius 1 is 1.05 bits per heavy atom. The van der Waals surface area contributed by atoms with E-state index < -0.39 is 24.0 Å². The first-order valence-corrected chi connectivity index (χ1v) is 6.76. The summed E-state index contributed by atoms with van der Waals surface area (Å²) in [5.41, 5.74) is 11.2. The molecular weight excluding hydrogens is 296 g/mol. The highest BCUT2D eigenvalue weighted by atomic mass is 32.1. The third-order valence-electron chi connectivity index (χ3n) is 2.47. The van der Waals surface area contributed by atoms with E-state index >= 15 is 0 Å². The normalized spacial score (nSPS) is 12.7. The van der Waals surface area contributed by atoms with Crippen LogP contribution in [0.15, 0.2) is 24.3 Å². The van der Waals surface area contributed by atoms with Crippen molar-refractivity contribution in [3.8, 4) is 5.75 Å². The second kappa shape index (κ2) is 10.0. The highest BCUT2D eigenvalue weighted by Gasteiger charge is 2.11. The zero-order chi connectivity index (χ0) is 16.4. The number of nitrogens with two attached hydrogens (primary N) is 2. The van der Waals surface area contributed by atoms with E-state index in [9.17, 15) is 9.59 Å². The summed E-state index contributed by atoms with van der Waals surface area (Å²) in [5, 5.41) is 25.6. The molecule has 21 heavy (non-hydrogen) atoms. The van der Waals surface area contributed by atoms with E-state index in [1.54, 1.807) is 12.1 Å². The minimum absolute atomic E-state index is 0.160. The van der Waals surface area contributed by atoms with Crippen molar-refractivity contribution in [2.45, 2.75) is 24.9 Å². The van der Waals surface area contributed by atoms with Crippen LogP contribution < -0.4 is 11.5 Å². The molecular formula is C13H20N2O5S. The van der Waals surface area contributed by atoms with Crippen molar-refractivity contribution in [1.82, 2.24) is 0 Å². The number of hydrogen-bond acceptors (Lipinski definition) is 6. The Hall–Kier alpha value is -1.77. The fourth-order valence-electron chi connectivity index (χ4n) is 1.24. The van der Waals surface area contributed by atoms with Crippen LogP contribution in [0.4, 0.5) is 0 Å². The van der Waals surface area contributed by atoms with Crippen LogP contribution in [-0.4, -0.2) is 45.1 Å². The van der Waals surface area contributed by atoms with Gasteiger partial charge in [0.15, 0.2) is 0 Å². The fraction of sp³-hybridized carbons (Fsp3) is 0.385. The number of carboxylic acids is 2. The van der Waals surface area contributed by atoms with Gasteiger partial charge in [0, 0.05) is 0 Å². The number of phenolic OH excluding ortho intramolecular Hbond substituents is 1. The van der Waals surface area contributed by atoms with Gasteiger partial charge in [0.25, 0.3) is 0 Å². The standard InChI is InChI=1S/C9H11NO3.C4H9NO2S/c10-8(9(12)13)5-6-1-3-7(11)4-2-6;5-3(1-2-8)4(6)7/h1-4,8,11H,5,10H2,(H,12,13);3,8H,1-2,5H2,(H,6,7)/t8-;3-/m00/s1. The Morgan fingerprint density at radius 3 is 1.86 bits per heavy atom. The monoisotopic (exact) mass is 316 g/mol. The highest BCUT2D eigenvalue weighted by molar-refractivity contribution is 7.80. The summed E-state index contributed by atoms with van der Waals surface area (Å²) in [6.45, 7) is 0. The number of rotatable bonds is 6. The van der Waals surface area contributed by atoms with Gasteiger partial charge in [-0.3, -0.25) is 9.59 Å². The van der Waals surface area contributed by atoms with E-state index in [-0.39, 0.29) is 12.2 Å². The lowest BCUT2D eigenvalue weighted by Gasteiger charge is -2.05. The van der Waals surface area contributed by atoms with Crippen molar-refractivity contribution in [2.24, 2.45) is 11.5 Å². The summed E-state index contributed by atoms with van der Waals surface area (Å²) >= 11 is 3.81. The Bertz CT molecular complexity index is 452. The molecule has 0 aliphatic rings. The van der Waals surface area contributed by atoms with Crippen LogP contribution >= 0.6 is 12.6 Å². The molecule has 0 fully saturated rings. The fourth-order valence-corrected chi connectivity index (χ4v) is 1.51. The molecule has 0 unspecified atom stereocenters. The van der Waals surface area contributed by atoms with Gasteiger partial charge in [-0.15, -0.1) is 0 Å². The number of aliphatic carboxylic acids is 2. The average Bonchev–Trinajstić information content (AvgIpc) is 2.42. The summed E-state index contributed by atoms with van der Waals surface area (Å²) in [5.74, 6) is -1.30. The molecule has 0 aliphatic carbocycles. The molecule has 1 rings (SSSR count). The molecule has 2 atom stereocenters. The zero-order valence-electron chi connectivity index (χ0n) is 11.3. The first kappa shape index (κ1) is 19.2. The van der Waals surface area contributed by atoms with Crippen LogP contribution in [0.25, 0.3) is 0 Å². The van der Waals surface area contributed by atoms with Crippen molar-refractivity contribution < 1.29 is 24.9 Å². The van der Waals surface area contributed by atoms with Crippen LogP contribution in [0.5, 0.6) is 5.75 Å². The topological polar surface area (TPSA) is 147 Å². The third-order valence-corrected chi connectivity index (χ3v) is 2.72. The Morgan fingerprint density at radius 2 is 1.52 bits per heavy atom. The average molecular weight is 316 g/mol. The number of phenols is 1. The second-order valence-corrected chi connectivity index (χ2v) is 4.72. The van der Waals surface area contributed by atoms with Gasteiger partial charge < -0.3 is 26.8 Å². The number of carboxylic acid groups (broad SMARTS) is 2. The van der Waals surface area contributed by atoms with Gasteiger partial charge in [-0.1, -0.05) is 12.1 Å². The highest BCUT2D eigenvalue weighted by Crippen LogP contribution is 2.10. The van der Waals surface area contributed by atoms with Crippen molar-refractivity contribution >= 4 is 24.6 Å². The summed E-state index contributed by atoms with van der Waals surface area (Å²) < 4.78 is 0. The summed E-state index contributed by atoms with van der Waals surface area (Å²) in [6.07, 6.45) is 0.702. The van der Waals surface area contributed by atoms with Crippen molar-refractivity contribution in [3.05, 3.63) is 29.8 Å². The zero-order valence-corrected chi connectivity index (χ0v) is 12.2. The Balaban J connectivity index is 0.000000433. The van der Waals surface area contributed by atoms with Crippen LogP contribution in [0.1, 0.15) is 12.0 Å². The summed E-state index contributed by atoms with van der Waals surface area (Å²) in [4.78, 5) is 20.3. The van der Waals surface area contributed by atoms with Gasteiger partial charge in [0.1, 0.15) is 17.8 Å². The van der Waals surface area contributed by atoms with Gasteiger partial charge in [-0.25, -0.2) is 0 Å². The van der Waals surface area contributed by atoms with Gasteiger partial charge in [0.2, 0.25) is 0 Å². The van der Waals surface area contributed by atoms with E-state index in [0.29, 0.717) is 12.2 Å². The third kappa shape index (κ3) is 8.90.